The first-order valence-electron chi connectivity index (χ1n) is 5.40. The molecule has 0 bridgehead atoms. The smallest absolute Gasteiger partial charge is 0.267 e. The average Bonchev–Trinajstić information content (AvgIpc) is 2.94. The van der Waals surface area contributed by atoms with E-state index in [0.717, 1.165) is 10.5 Å². The molecule has 3 rings (SSSR count). The highest BCUT2D eigenvalue weighted by Crippen LogP contribution is 2.31. The molecule has 94 valence electrons. The van der Waals surface area contributed by atoms with E-state index in [9.17, 15) is 4.79 Å². The lowest BCUT2D eigenvalue weighted by Gasteiger charge is -2.04. The zero-order valence-corrected chi connectivity index (χ0v) is 11.2. The van der Waals surface area contributed by atoms with Gasteiger partial charge in [-0.25, -0.2) is 15.1 Å². The van der Waals surface area contributed by atoms with Crippen molar-refractivity contribution in [3.8, 4) is 11.1 Å². The Bertz CT molecular complexity index is 725. The normalized spacial score (nSPS) is 10.5. The van der Waals surface area contributed by atoms with Crippen molar-refractivity contribution in [1.29, 1.82) is 0 Å². The highest BCUT2D eigenvalue weighted by atomic mass is 32.2. The number of nitrogens with zero attached hydrogens (tertiary/aromatic N) is 3. The summed E-state index contributed by atoms with van der Waals surface area (Å²) in [6, 6.07) is 3.66. The summed E-state index contributed by atoms with van der Waals surface area (Å²) in [5, 5.41) is 10.8. The van der Waals surface area contributed by atoms with Crippen LogP contribution in [0.5, 0.6) is 0 Å². The lowest BCUT2D eigenvalue weighted by Crippen LogP contribution is -2.11. The molecule has 0 aliphatic heterocycles. The molecule has 0 radical (unpaired) electrons. The van der Waals surface area contributed by atoms with Gasteiger partial charge >= 0.3 is 0 Å². The molecule has 0 aliphatic rings. The van der Waals surface area contributed by atoms with Crippen LogP contribution in [0.3, 0.4) is 0 Å². The van der Waals surface area contributed by atoms with Crippen LogP contribution in [-0.4, -0.2) is 20.2 Å². The van der Waals surface area contributed by atoms with Gasteiger partial charge < -0.3 is 0 Å². The molecule has 0 amide bonds. The molecule has 1 N–H and O–H groups in total. The van der Waals surface area contributed by atoms with Crippen molar-refractivity contribution < 1.29 is 0 Å². The largest absolute Gasteiger partial charge is 0.273 e. The Morgan fingerprint density at radius 3 is 2.84 bits per heavy atom. The van der Waals surface area contributed by atoms with Gasteiger partial charge in [-0.2, -0.15) is 16.4 Å². The second kappa shape index (κ2) is 5.33. The van der Waals surface area contributed by atoms with Gasteiger partial charge in [0.25, 0.3) is 5.56 Å². The van der Waals surface area contributed by atoms with Crippen LogP contribution in [0.2, 0.25) is 0 Å². The molecule has 0 saturated heterocycles. The summed E-state index contributed by atoms with van der Waals surface area (Å²) in [5.41, 5.74) is 1.28. The molecule has 0 fully saturated rings. The first kappa shape index (κ1) is 12.1. The molecule has 3 heterocycles. The molecule has 7 heteroatoms. The van der Waals surface area contributed by atoms with Gasteiger partial charge in [-0.15, -0.1) is 0 Å². The number of aromatic amines is 1. The standard InChI is InChI=1S/C12H8N4OS2/c17-11-10(8-2-5-18-7-8)9(6-15-16-11)19-12-13-3-1-4-14-12/h1-7H,(H,16,17). The van der Waals surface area contributed by atoms with E-state index in [1.54, 1.807) is 36.0 Å². The van der Waals surface area contributed by atoms with Crippen molar-refractivity contribution in [1.82, 2.24) is 20.2 Å². The number of aromatic nitrogens is 4. The third-order valence-electron chi connectivity index (χ3n) is 2.37. The van der Waals surface area contributed by atoms with E-state index in [-0.39, 0.29) is 5.56 Å². The second-order valence-corrected chi connectivity index (χ2v) is 5.37. The average molecular weight is 288 g/mol. The van der Waals surface area contributed by atoms with Crippen LogP contribution in [0.25, 0.3) is 11.1 Å². The predicted octanol–water partition coefficient (Wildman–Crippen LogP) is 2.44. The Balaban J connectivity index is 2.07. The fourth-order valence-electron chi connectivity index (χ4n) is 1.58. The summed E-state index contributed by atoms with van der Waals surface area (Å²) in [4.78, 5) is 21.0. The number of thiophene rings is 1. The Morgan fingerprint density at radius 2 is 2.11 bits per heavy atom. The number of hydrogen-bond donors (Lipinski definition) is 1. The van der Waals surface area contributed by atoms with Crippen molar-refractivity contribution in [2.75, 3.05) is 0 Å². The molecule has 0 aromatic carbocycles. The van der Waals surface area contributed by atoms with E-state index in [0.29, 0.717) is 10.7 Å². The van der Waals surface area contributed by atoms with Crippen LogP contribution in [0, 0.1) is 0 Å². The molecule has 19 heavy (non-hydrogen) atoms. The summed E-state index contributed by atoms with van der Waals surface area (Å²) in [6.07, 6.45) is 4.95. The van der Waals surface area contributed by atoms with Crippen molar-refractivity contribution in [3.05, 3.63) is 51.8 Å². The molecular formula is C12H8N4OS2. The van der Waals surface area contributed by atoms with Gasteiger partial charge in [0.1, 0.15) is 0 Å². The first-order valence-corrected chi connectivity index (χ1v) is 7.15. The quantitative estimate of drug-likeness (QED) is 0.749. The van der Waals surface area contributed by atoms with Gasteiger partial charge in [-0.05, 0) is 40.2 Å². The monoisotopic (exact) mass is 288 g/mol. The van der Waals surface area contributed by atoms with Crippen LogP contribution in [0.1, 0.15) is 0 Å². The highest BCUT2D eigenvalue weighted by molar-refractivity contribution is 7.99. The number of hydrogen-bond acceptors (Lipinski definition) is 6. The molecule has 0 spiro atoms. The van der Waals surface area contributed by atoms with Crippen LogP contribution >= 0.6 is 23.1 Å². The van der Waals surface area contributed by atoms with Gasteiger partial charge in [-0.3, -0.25) is 4.79 Å². The molecular weight excluding hydrogens is 280 g/mol. The van der Waals surface area contributed by atoms with Gasteiger partial charge in [-0.1, -0.05) is 0 Å². The van der Waals surface area contributed by atoms with Crippen molar-refractivity contribution in [3.63, 3.8) is 0 Å². The maximum absolute atomic E-state index is 12.0. The van der Waals surface area contributed by atoms with E-state index < -0.39 is 0 Å². The first-order chi connectivity index (χ1) is 9.34. The highest BCUT2D eigenvalue weighted by Gasteiger charge is 2.13. The zero-order chi connectivity index (χ0) is 13.1. The fourth-order valence-corrected chi connectivity index (χ4v) is 3.06. The topological polar surface area (TPSA) is 71.5 Å². The Hall–Kier alpha value is -1.99. The Morgan fingerprint density at radius 1 is 1.26 bits per heavy atom. The predicted molar refractivity (Wildman–Crippen MR) is 74.3 cm³/mol. The van der Waals surface area contributed by atoms with Crippen LogP contribution in [0.15, 0.2) is 56.3 Å². The van der Waals surface area contributed by atoms with E-state index in [4.69, 9.17) is 0 Å². The van der Waals surface area contributed by atoms with Crippen molar-refractivity contribution in [2.45, 2.75) is 10.1 Å². The van der Waals surface area contributed by atoms with E-state index in [1.165, 1.54) is 11.8 Å². The van der Waals surface area contributed by atoms with Crippen molar-refractivity contribution >= 4 is 23.1 Å². The fraction of sp³-hybridized carbons (Fsp3) is 0. The second-order valence-electron chi connectivity index (χ2n) is 3.58. The van der Waals surface area contributed by atoms with Gasteiger partial charge in [0, 0.05) is 17.3 Å². The summed E-state index contributed by atoms with van der Waals surface area (Å²) in [6.45, 7) is 0. The van der Waals surface area contributed by atoms with Crippen molar-refractivity contribution in [2.24, 2.45) is 0 Å². The molecule has 0 unspecified atom stereocenters. The summed E-state index contributed by atoms with van der Waals surface area (Å²) >= 11 is 2.87. The number of rotatable bonds is 3. The third-order valence-corrected chi connectivity index (χ3v) is 3.98. The van der Waals surface area contributed by atoms with E-state index in [1.807, 2.05) is 16.8 Å². The molecule has 5 nitrogen and oxygen atoms in total. The molecule has 0 aliphatic carbocycles. The van der Waals surface area contributed by atoms with E-state index >= 15 is 0 Å². The summed E-state index contributed by atoms with van der Waals surface area (Å²) < 4.78 is 0. The maximum atomic E-state index is 12.0. The molecule has 3 aromatic heterocycles. The molecule has 0 saturated carbocycles. The van der Waals surface area contributed by atoms with Crippen LogP contribution in [0.4, 0.5) is 0 Å². The Kier molecular flexibility index (Phi) is 3.39. The van der Waals surface area contributed by atoms with Crippen LogP contribution in [-0.2, 0) is 0 Å². The molecule has 0 atom stereocenters. The molecule has 3 aromatic rings. The summed E-state index contributed by atoms with van der Waals surface area (Å²) in [5.74, 6) is 0. The SMILES string of the molecule is O=c1[nH]ncc(Sc2ncccn2)c1-c1ccsc1. The van der Waals surface area contributed by atoms with Crippen LogP contribution < -0.4 is 5.56 Å². The summed E-state index contributed by atoms with van der Waals surface area (Å²) in [7, 11) is 0. The number of nitrogens with one attached hydrogen (secondary N) is 1. The minimum Gasteiger partial charge on any atom is -0.267 e. The number of H-pyrrole nitrogens is 1. The van der Waals surface area contributed by atoms with Gasteiger partial charge in [0.05, 0.1) is 11.8 Å². The Labute approximate surface area is 116 Å². The van der Waals surface area contributed by atoms with E-state index in [2.05, 4.69) is 20.2 Å². The lowest BCUT2D eigenvalue weighted by atomic mass is 10.2. The lowest BCUT2D eigenvalue weighted by molar-refractivity contribution is 0.945. The third kappa shape index (κ3) is 2.56. The maximum Gasteiger partial charge on any atom is 0.273 e. The van der Waals surface area contributed by atoms with Gasteiger partial charge in [0.15, 0.2) is 5.16 Å². The van der Waals surface area contributed by atoms with Gasteiger partial charge in [0.2, 0.25) is 0 Å². The zero-order valence-electron chi connectivity index (χ0n) is 9.61. The minimum absolute atomic E-state index is 0.209. The minimum atomic E-state index is -0.209.